The first-order valence-electron chi connectivity index (χ1n) is 8.40. The van der Waals surface area contributed by atoms with Crippen LogP contribution in [-0.4, -0.2) is 65.5 Å². The third-order valence-electron chi connectivity index (χ3n) is 5.34. The molecule has 2 N–H and O–H groups in total. The van der Waals surface area contributed by atoms with Crippen LogP contribution >= 0.6 is 11.8 Å². The van der Waals surface area contributed by atoms with Crippen LogP contribution in [0.25, 0.3) is 0 Å². The molecule has 2 heterocycles. The fourth-order valence-electron chi connectivity index (χ4n) is 3.52. The molecular weight excluding hydrogens is 282 g/mol. The second-order valence-corrected chi connectivity index (χ2v) is 7.82. The van der Waals surface area contributed by atoms with Crippen LogP contribution in [0.5, 0.6) is 0 Å². The van der Waals surface area contributed by atoms with Crippen LogP contribution in [0.3, 0.4) is 0 Å². The van der Waals surface area contributed by atoms with E-state index in [0.717, 1.165) is 45.6 Å². The highest BCUT2D eigenvalue weighted by Gasteiger charge is 2.36. The standard InChI is InChI=1S/C16H31N3OS/c1-14(15(20)19-9-5-3-4-6-10-19)18-11-7-16(13-17,21-2)8-12-18/h14H,3-13,17H2,1-2H3. The molecule has 0 aromatic heterocycles. The maximum absolute atomic E-state index is 12.7. The highest BCUT2D eigenvalue weighted by atomic mass is 32.2. The van der Waals surface area contributed by atoms with Crippen molar-refractivity contribution in [2.24, 2.45) is 5.73 Å². The van der Waals surface area contributed by atoms with E-state index in [0.29, 0.717) is 5.91 Å². The summed E-state index contributed by atoms with van der Waals surface area (Å²) >= 11 is 1.90. The minimum Gasteiger partial charge on any atom is -0.341 e. The molecule has 4 nitrogen and oxygen atoms in total. The van der Waals surface area contributed by atoms with E-state index >= 15 is 0 Å². The van der Waals surface area contributed by atoms with Gasteiger partial charge in [-0.3, -0.25) is 9.69 Å². The minimum atomic E-state index is 0.0285. The van der Waals surface area contributed by atoms with Gasteiger partial charge < -0.3 is 10.6 Å². The number of rotatable bonds is 4. The van der Waals surface area contributed by atoms with Gasteiger partial charge in [0.25, 0.3) is 0 Å². The van der Waals surface area contributed by atoms with Gasteiger partial charge in [-0.05, 0) is 38.9 Å². The van der Waals surface area contributed by atoms with Gasteiger partial charge in [0.05, 0.1) is 6.04 Å². The second kappa shape index (κ2) is 7.84. The molecule has 1 amide bonds. The van der Waals surface area contributed by atoms with Crippen LogP contribution < -0.4 is 5.73 Å². The molecule has 2 aliphatic rings. The quantitative estimate of drug-likeness (QED) is 0.862. The number of nitrogens with two attached hydrogens (primary N) is 1. The molecule has 2 aliphatic heterocycles. The van der Waals surface area contributed by atoms with E-state index in [1.54, 1.807) is 0 Å². The zero-order chi connectivity index (χ0) is 15.3. The number of carbonyl (C=O) groups is 1. The van der Waals surface area contributed by atoms with Crippen molar-refractivity contribution in [3.63, 3.8) is 0 Å². The van der Waals surface area contributed by atoms with Crippen molar-refractivity contribution < 1.29 is 4.79 Å². The molecule has 0 saturated carbocycles. The van der Waals surface area contributed by atoms with E-state index in [9.17, 15) is 4.79 Å². The van der Waals surface area contributed by atoms with Gasteiger partial charge in [0.1, 0.15) is 0 Å². The van der Waals surface area contributed by atoms with Gasteiger partial charge in [-0.1, -0.05) is 12.8 Å². The molecule has 2 fully saturated rings. The summed E-state index contributed by atoms with van der Waals surface area (Å²) in [6, 6.07) is 0.0285. The Hall–Kier alpha value is -0.260. The number of likely N-dealkylation sites (tertiary alicyclic amines) is 2. The summed E-state index contributed by atoms with van der Waals surface area (Å²) in [6.07, 6.45) is 9.24. The van der Waals surface area contributed by atoms with Crippen molar-refractivity contribution in [1.29, 1.82) is 0 Å². The number of hydrogen-bond acceptors (Lipinski definition) is 4. The van der Waals surface area contributed by atoms with E-state index in [4.69, 9.17) is 5.73 Å². The van der Waals surface area contributed by atoms with E-state index < -0.39 is 0 Å². The number of carbonyl (C=O) groups excluding carboxylic acids is 1. The molecule has 2 rings (SSSR count). The average Bonchev–Trinajstić information content (AvgIpc) is 2.83. The predicted molar refractivity (Wildman–Crippen MR) is 90.6 cm³/mol. The third kappa shape index (κ3) is 4.14. The summed E-state index contributed by atoms with van der Waals surface area (Å²) in [4.78, 5) is 17.2. The normalized spacial score (nSPS) is 25.4. The summed E-state index contributed by atoms with van der Waals surface area (Å²) in [5.41, 5.74) is 5.95. The van der Waals surface area contributed by atoms with Gasteiger partial charge in [-0.15, -0.1) is 0 Å². The Morgan fingerprint density at radius 1 is 1.14 bits per heavy atom. The van der Waals surface area contributed by atoms with Crippen LogP contribution in [0.1, 0.15) is 45.4 Å². The Bertz CT molecular complexity index is 328. The number of nitrogens with zero attached hydrogens (tertiary/aromatic N) is 2. The maximum Gasteiger partial charge on any atom is 0.239 e. The monoisotopic (exact) mass is 313 g/mol. The molecule has 0 spiro atoms. The summed E-state index contributed by atoms with van der Waals surface area (Å²) in [6.45, 7) is 6.74. The molecule has 122 valence electrons. The zero-order valence-electron chi connectivity index (χ0n) is 13.6. The van der Waals surface area contributed by atoms with Gasteiger partial charge in [-0.25, -0.2) is 0 Å². The lowest BCUT2D eigenvalue weighted by Gasteiger charge is -2.42. The van der Waals surface area contributed by atoms with Crippen molar-refractivity contribution >= 4 is 17.7 Å². The second-order valence-electron chi connectivity index (χ2n) is 6.54. The molecule has 1 atom stereocenters. The average molecular weight is 314 g/mol. The molecule has 2 saturated heterocycles. The molecule has 0 aromatic carbocycles. The predicted octanol–water partition coefficient (Wildman–Crippen LogP) is 1.93. The fourth-order valence-corrected chi connectivity index (χ4v) is 4.28. The van der Waals surface area contributed by atoms with Crippen LogP contribution in [0.4, 0.5) is 0 Å². The largest absolute Gasteiger partial charge is 0.341 e. The van der Waals surface area contributed by atoms with Crippen molar-refractivity contribution in [2.75, 3.05) is 39.0 Å². The smallest absolute Gasteiger partial charge is 0.239 e. The number of hydrogen-bond donors (Lipinski definition) is 1. The fraction of sp³-hybridized carbons (Fsp3) is 0.938. The molecule has 5 heteroatoms. The van der Waals surface area contributed by atoms with Crippen molar-refractivity contribution in [1.82, 2.24) is 9.80 Å². The number of piperidine rings is 1. The lowest BCUT2D eigenvalue weighted by Crippen LogP contribution is -2.53. The van der Waals surface area contributed by atoms with E-state index in [2.05, 4.69) is 23.0 Å². The van der Waals surface area contributed by atoms with Crippen molar-refractivity contribution in [3.8, 4) is 0 Å². The lowest BCUT2D eigenvalue weighted by molar-refractivity contribution is -0.136. The third-order valence-corrected chi connectivity index (χ3v) is 6.78. The van der Waals surface area contributed by atoms with E-state index in [1.807, 2.05) is 11.8 Å². The number of amides is 1. The first-order chi connectivity index (χ1) is 10.1. The lowest BCUT2D eigenvalue weighted by atomic mass is 9.94. The Balaban J connectivity index is 1.88. The van der Waals surface area contributed by atoms with Gasteiger partial charge in [0.15, 0.2) is 0 Å². The Morgan fingerprint density at radius 3 is 2.19 bits per heavy atom. The maximum atomic E-state index is 12.7. The first-order valence-corrected chi connectivity index (χ1v) is 9.62. The molecule has 0 bridgehead atoms. The van der Waals surface area contributed by atoms with Gasteiger partial charge in [0, 0.05) is 37.5 Å². The van der Waals surface area contributed by atoms with Crippen LogP contribution in [0.15, 0.2) is 0 Å². The van der Waals surface area contributed by atoms with Crippen LogP contribution in [0, 0.1) is 0 Å². The van der Waals surface area contributed by atoms with Crippen LogP contribution in [-0.2, 0) is 4.79 Å². The zero-order valence-corrected chi connectivity index (χ0v) is 14.5. The minimum absolute atomic E-state index is 0.0285. The Morgan fingerprint density at radius 2 is 1.71 bits per heavy atom. The highest BCUT2D eigenvalue weighted by Crippen LogP contribution is 2.34. The van der Waals surface area contributed by atoms with Gasteiger partial charge in [-0.2, -0.15) is 11.8 Å². The molecular formula is C16H31N3OS. The van der Waals surface area contributed by atoms with Crippen molar-refractivity contribution in [3.05, 3.63) is 0 Å². The van der Waals surface area contributed by atoms with Gasteiger partial charge >= 0.3 is 0 Å². The molecule has 0 aliphatic carbocycles. The SMILES string of the molecule is CSC1(CN)CCN(C(C)C(=O)N2CCCCCC2)CC1. The summed E-state index contributed by atoms with van der Waals surface area (Å²) < 4.78 is 0.238. The summed E-state index contributed by atoms with van der Waals surface area (Å²) in [7, 11) is 0. The summed E-state index contributed by atoms with van der Waals surface area (Å²) in [5, 5.41) is 0. The van der Waals surface area contributed by atoms with Crippen molar-refractivity contribution in [2.45, 2.75) is 56.2 Å². The molecule has 0 aromatic rings. The van der Waals surface area contributed by atoms with E-state index in [-0.39, 0.29) is 10.8 Å². The molecule has 21 heavy (non-hydrogen) atoms. The highest BCUT2D eigenvalue weighted by molar-refractivity contribution is 8.00. The molecule has 1 unspecified atom stereocenters. The van der Waals surface area contributed by atoms with Crippen LogP contribution in [0.2, 0.25) is 0 Å². The van der Waals surface area contributed by atoms with E-state index in [1.165, 1.54) is 25.7 Å². The van der Waals surface area contributed by atoms with Gasteiger partial charge in [0.2, 0.25) is 5.91 Å². The summed E-state index contributed by atoms with van der Waals surface area (Å²) in [5.74, 6) is 0.335. The number of thioether (sulfide) groups is 1. The Labute approximate surface area is 133 Å². The Kier molecular flexibility index (Phi) is 6.38. The molecule has 0 radical (unpaired) electrons. The topological polar surface area (TPSA) is 49.6 Å². The first kappa shape index (κ1) is 17.1.